The van der Waals surface area contributed by atoms with Crippen molar-refractivity contribution in [1.82, 2.24) is 0 Å². The summed E-state index contributed by atoms with van der Waals surface area (Å²) < 4.78 is 0. The predicted octanol–water partition coefficient (Wildman–Crippen LogP) is 6.74. The minimum Gasteiger partial charge on any atom is -0.383 e. The van der Waals surface area contributed by atoms with Gasteiger partial charge in [-0.05, 0) is 55.2 Å². The van der Waals surface area contributed by atoms with E-state index in [2.05, 4.69) is 93.4 Å². The van der Waals surface area contributed by atoms with E-state index in [4.69, 9.17) is 0 Å². The molecule has 0 heterocycles. The molecule has 0 aromatic heterocycles. The molecule has 2 heteroatoms. The molecule has 24 heavy (non-hydrogen) atoms. The van der Waals surface area contributed by atoms with Gasteiger partial charge in [-0.1, -0.05) is 58.5 Å². The molecule has 0 atom stereocenters. The summed E-state index contributed by atoms with van der Waals surface area (Å²) in [7, 11) is 0. The maximum absolute atomic E-state index is 4.14. The Hall–Kier alpha value is -2.22. The molecule has 0 aliphatic rings. The minimum atomic E-state index is 0.438. The zero-order valence-corrected chi connectivity index (χ0v) is 16.0. The van der Waals surface area contributed by atoms with Gasteiger partial charge in [-0.15, -0.1) is 0 Å². The van der Waals surface area contributed by atoms with E-state index in [-0.39, 0.29) is 0 Å². The molecular weight excluding hydrogens is 292 g/mol. The van der Waals surface area contributed by atoms with E-state index in [9.17, 15) is 0 Å². The lowest BCUT2D eigenvalue weighted by Gasteiger charge is -2.13. The standard InChI is InChI=1S/C20H26N2.C2H6/c1-14(2)17-6-8-18(9-7-17)16(5)22-20-12-10-19(11-13-20)21-15(3)4;1-2/h6-15,21-22H,5H2,1-4H3;1-2H3. The number of benzene rings is 2. The van der Waals surface area contributed by atoms with E-state index in [1.54, 1.807) is 0 Å². The van der Waals surface area contributed by atoms with Crippen molar-refractivity contribution < 1.29 is 0 Å². The van der Waals surface area contributed by atoms with Gasteiger partial charge in [-0.3, -0.25) is 0 Å². The fourth-order valence-corrected chi connectivity index (χ4v) is 2.30. The lowest BCUT2D eigenvalue weighted by atomic mass is 10.0. The van der Waals surface area contributed by atoms with Gasteiger partial charge in [0, 0.05) is 23.1 Å². The van der Waals surface area contributed by atoms with Crippen LogP contribution in [0.3, 0.4) is 0 Å². The number of hydrogen-bond donors (Lipinski definition) is 2. The van der Waals surface area contributed by atoms with Gasteiger partial charge in [0.25, 0.3) is 0 Å². The molecule has 2 N–H and O–H groups in total. The summed E-state index contributed by atoms with van der Waals surface area (Å²) in [6.07, 6.45) is 0. The average Bonchev–Trinajstić information content (AvgIpc) is 2.58. The highest BCUT2D eigenvalue weighted by Crippen LogP contribution is 2.21. The number of rotatable bonds is 6. The molecule has 0 radical (unpaired) electrons. The monoisotopic (exact) mass is 324 g/mol. The lowest BCUT2D eigenvalue weighted by molar-refractivity contribution is 0.866. The molecule has 2 aromatic carbocycles. The zero-order chi connectivity index (χ0) is 18.1. The van der Waals surface area contributed by atoms with Gasteiger partial charge in [0.1, 0.15) is 0 Å². The second kappa shape index (κ2) is 9.82. The molecule has 130 valence electrons. The molecule has 0 aliphatic carbocycles. The molecule has 2 aromatic rings. The topological polar surface area (TPSA) is 24.1 Å². The Morgan fingerprint density at radius 2 is 1.29 bits per heavy atom. The van der Waals surface area contributed by atoms with E-state index >= 15 is 0 Å². The summed E-state index contributed by atoms with van der Waals surface area (Å²) in [5.74, 6) is 0.552. The molecule has 0 unspecified atom stereocenters. The molecule has 0 saturated heterocycles. The average molecular weight is 325 g/mol. The third kappa shape index (κ3) is 6.11. The van der Waals surface area contributed by atoms with Crippen LogP contribution in [0.15, 0.2) is 55.1 Å². The normalized spacial score (nSPS) is 10.2. The van der Waals surface area contributed by atoms with Crippen LogP contribution in [0.4, 0.5) is 11.4 Å². The van der Waals surface area contributed by atoms with Crippen LogP contribution in [0.1, 0.15) is 58.6 Å². The van der Waals surface area contributed by atoms with E-state index in [0.717, 1.165) is 22.6 Å². The molecular formula is C22H32N2. The minimum absolute atomic E-state index is 0.438. The Balaban J connectivity index is 0.00000139. The van der Waals surface area contributed by atoms with E-state index in [1.807, 2.05) is 13.8 Å². The van der Waals surface area contributed by atoms with Gasteiger partial charge in [0.2, 0.25) is 0 Å². The summed E-state index contributed by atoms with van der Waals surface area (Å²) in [5.41, 5.74) is 5.56. The summed E-state index contributed by atoms with van der Waals surface area (Å²) in [6, 6.07) is 17.3. The first-order valence-electron chi connectivity index (χ1n) is 8.88. The van der Waals surface area contributed by atoms with E-state index < -0.39 is 0 Å². The maximum atomic E-state index is 4.14. The smallest absolute Gasteiger partial charge is 0.0385 e. The Bertz CT molecular complexity index is 607. The van der Waals surface area contributed by atoms with Crippen LogP contribution in [0.25, 0.3) is 5.70 Å². The van der Waals surface area contributed by atoms with Crippen molar-refractivity contribution in [2.75, 3.05) is 10.6 Å². The SMILES string of the molecule is C=C(Nc1ccc(NC(C)C)cc1)c1ccc(C(C)C)cc1.CC. The van der Waals surface area contributed by atoms with Gasteiger partial charge < -0.3 is 10.6 Å². The van der Waals surface area contributed by atoms with Crippen LogP contribution >= 0.6 is 0 Å². The largest absolute Gasteiger partial charge is 0.383 e. The van der Waals surface area contributed by atoms with Crippen LogP contribution in [-0.4, -0.2) is 6.04 Å². The van der Waals surface area contributed by atoms with Crippen molar-refractivity contribution >= 4 is 17.1 Å². The zero-order valence-electron chi connectivity index (χ0n) is 16.0. The molecule has 0 amide bonds. The molecule has 2 rings (SSSR count). The number of nitrogens with one attached hydrogen (secondary N) is 2. The van der Waals surface area contributed by atoms with Crippen molar-refractivity contribution in [1.29, 1.82) is 0 Å². The molecule has 2 nitrogen and oxygen atoms in total. The van der Waals surface area contributed by atoms with Crippen LogP contribution in [0, 0.1) is 0 Å². The van der Waals surface area contributed by atoms with Crippen molar-refractivity contribution in [2.24, 2.45) is 0 Å². The molecule has 0 aliphatic heterocycles. The first kappa shape index (κ1) is 19.8. The quantitative estimate of drug-likeness (QED) is 0.615. The summed E-state index contributed by atoms with van der Waals surface area (Å²) in [4.78, 5) is 0. The van der Waals surface area contributed by atoms with E-state index in [1.165, 1.54) is 5.56 Å². The van der Waals surface area contributed by atoms with Gasteiger partial charge in [-0.25, -0.2) is 0 Å². The number of hydrogen-bond acceptors (Lipinski definition) is 2. The first-order valence-corrected chi connectivity index (χ1v) is 8.88. The lowest BCUT2D eigenvalue weighted by Crippen LogP contribution is -2.09. The Kier molecular flexibility index (Phi) is 8.11. The van der Waals surface area contributed by atoms with Crippen LogP contribution in [-0.2, 0) is 0 Å². The van der Waals surface area contributed by atoms with Crippen LogP contribution in [0.2, 0.25) is 0 Å². The fraction of sp³-hybridized carbons (Fsp3) is 0.364. The van der Waals surface area contributed by atoms with Gasteiger partial charge in [0.15, 0.2) is 0 Å². The van der Waals surface area contributed by atoms with Crippen molar-refractivity contribution in [2.45, 2.75) is 53.5 Å². The maximum Gasteiger partial charge on any atom is 0.0385 e. The summed E-state index contributed by atoms with van der Waals surface area (Å²) in [5, 5.41) is 6.75. The van der Waals surface area contributed by atoms with Crippen LogP contribution in [0.5, 0.6) is 0 Å². The molecule has 0 fully saturated rings. The second-order valence-electron chi connectivity index (χ2n) is 6.26. The Morgan fingerprint density at radius 3 is 1.75 bits per heavy atom. The molecule has 0 saturated carbocycles. The van der Waals surface area contributed by atoms with Crippen molar-refractivity contribution in [3.05, 3.63) is 66.2 Å². The summed E-state index contributed by atoms with van der Waals surface area (Å²) >= 11 is 0. The van der Waals surface area contributed by atoms with E-state index in [0.29, 0.717) is 12.0 Å². The Labute approximate surface area is 148 Å². The van der Waals surface area contributed by atoms with Gasteiger partial charge >= 0.3 is 0 Å². The first-order chi connectivity index (χ1) is 11.5. The molecule has 0 bridgehead atoms. The van der Waals surface area contributed by atoms with Gasteiger partial charge in [-0.2, -0.15) is 0 Å². The third-order valence-corrected chi connectivity index (χ3v) is 3.56. The Morgan fingerprint density at radius 1 is 0.792 bits per heavy atom. The molecule has 0 spiro atoms. The third-order valence-electron chi connectivity index (χ3n) is 3.56. The number of anilines is 2. The second-order valence-corrected chi connectivity index (χ2v) is 6.26. The predicted molar refractivity (Wildman–Crippen MR) is 110 cm³/mol. The fourth-order valence-electron chi connectivity index (χ4n) is 2.30. The highest BCUT2D eigenvalue weighted by molar-refractivity contribution is 5.75. The van der Waals surface area contributed by atoms with Gasteiger partial charge in [0.05, 0.1) is 0 Å². The highest BCUT2D eigenvalue weighted by atomic mass is 14.9. The van der Waals surface area contributed by atoms with Crippen LogP contribution < -0.4 is 10.6 Å². The van der Waals surface area contributed by atoms with Crippen molar-refractivity contribution in [3.8, 4) is 0 Å². The summed E-state index contributed by atoms with van der Waals surface area (Å²) in [6.45, 7) is 16.8. The van der Waals surface area contributed by atoms with Crippen molar-refractivity contribution in [3.63, 3.8) is 0 Å². The highest BCUT2D eigenvalue weighted by Gasteiger charge is 2.03.